The number of halogens is 1. The van der Waals surface area contributed by atoms with Crippen molar-refractivity contribution in [2.75, 3.05) is 54.5 Å². The molecule has 0 bridgehead atoms. The van der Waals surface area contributed by atoms with Gasteiger partial charge in [0.05, 0.1) is 41.7 Å². The van der Waals surface area contributed by atoms with Gasteiger partial charge in [-0.05, 0) is 32.8 Å². The summed E-state index contributed by atoms with van der Waals surface area (Å²) < 4.78 is 21.9. The van der Waals surface area contributed by atoms with Crippen molar-refractivity contribution in [3.63, 3.8) is 0 Å². The Morgan fingerprint density at radius 2 is 2.06 bits per heavy atom. The second-order valence-corrected chi connectivity index (χ2v) is 10.8. The summed E-state index contributed by atoms with van der Waals surface area (Å²) in [6.45, 7) is 10.0. The summed E-state index contributed by atoms with van der Waals surface area (Å²) in [6, 6.07) is 4.02. The van der Waals surface area contributed by atoms with Crippen molar-refractivity contribution in [2.45, 2.75) is 51.4 Å². The number of fused-ring (bicyclic) bond motifs is 1. The molecule has 192 valence electrons. The number of aromatic nitrogens is 5. The lowest BCUT2D eigenvalue weighted by Gasteiger charge is -2.55. The number of rotatable bonds is 6. The van der Waals surface area contributed by atoms with E-state index in [1.807, 2.05) is 12.3 Å². The Hall–Kier alpha value is -3.05. The summed E-state index contributed by atoms with van der Waals surface area (Å²) in [4.78, 5) is 17.7. The van der Waals surface area contributed by atoms with Gasteiger partial charge >= 0.3 is 0 Å². The third-order valence-corrected chi connectivity index (χ3v) is 7.87. The van der Waals surface area contributed by atoms with Crippen molar-refractivity contribution >= 4 is 34.3 Å². The van der Waals surface area contributed by atoms with Crippen LogP contribution in [0, 0.1) is 5.41 Å². The molecule has 3 aliphatic heterocycles. The van der Waals surface area contributed by atoms with Crippen LogP contribution in [0.4, 0.5) is 27.8 Å². The van der Waals surface area contributed by atoms with Crippen molar-refractivity contribution in [3.05, 3.63) is 24.5 Å². The van der Waals surface area contributed by atoms with Gasteiger partial charge in [0.15, 0.2) is 5.82 Å². The largest absolute Gasteiger partial charge is 0.387 e. The molecule has 0 amide bonds. The van der Waals surface area contributed by atoms with E-state index < -0.39 is 11.8 Å². The van der Waals surface area contributed by atoms with Gasteiger partial charge in [0.2, 0.25) is 5.95 Å². The fourth-order valence-electron chi connectivity index (χ4n) is 5.20. The number of pyridine rings is 1. The maximum Gasteiger partial charge on any atom is 0.227 e. The lowest BCUT2D eigenvalue weighted by atomic mass is 9.78. The van der Waals surface area contributed by atoms with Gasteiger partial charge in [0.25, 0.3) is 0 Å². The van der Waals surface area contributed by atoms with Crippen LogP contribution in [0.3, 0.4) is 0 Å². The molecule has 1 spiro atoms. The van der Waals surface area contributed by atoms with Crippen molar-refractivity contribution < 1.29 is 14.2 Å². The molecule has 3 fully saturated rings. The summed E-state index contributed by atoms with van der Waals surface area (Å²) in [5, 5.41) is 19.5. The van der Waals surface area contributed by atoms with Crippen molar-refractivity contribution in [3.8, 4) is 0 Å². The minimum atomic E-state index is -1.36. The second kappa shape index (κ2) is 8.52. The van der Waals surface area contributed by atoms with Crippen LogP contribution in [0.5, 0.6) is 0 Å². The van der Waals surface area contributed by atoms with Gasteiger partial charge in [-0.2, -0.15) is 10.1 Å². The summed E-state index contributed by atoms with van der Waals surface area (Å²) in [7, 11) is 0. The molecule has 3 aromatic rings. The molecule has 6 rings (SSSR count). The van der Waals surface area contributed by atoms with Crippen molar-refractivity contribution in [2.24, 2.45) is 5.41 Å². The molecule has 3 aromatic heterocycles. The lowest BCUT2D eigenvalue weighted by Crippen LogP contribution is -2.66. The fraction of sp³-hybridized carbons (Fsp3) is 0.600. The van der Waals surface area contributed by atoms with E-state index in [0.717, 1.165) is 49.4 Å². The highest BCUT2D eigenvalue weighted by Crippen LogP contribution is 2.42. The molecule has 0 aliphatic carbocycles. The minimum absolute atomic E-state index is 0.0570. The molecule has 3 aliphatic rings. The number of piperidine rings is 1. The Morgan fingerprint density at radius 3 is 2.75 bits per heavy atom. The molecule has 0 unspecified atom stereocenters. The first-order valence-corrected chi connectivity index (χ1v) is 12.7. The number of alkyl halides is 1. The van der Waals surface area contributed by atoms with Crippen LogP contribution < -0.4 is 15.1 Å². The topological polar surface area (TPSA) is 104 Å². The molecule has 3 atom stereocenters. The summed E-state index contributed by atoms with van der Waals surface area (Å²) in [5.74, 6) is 2.63. The Kier molecular flexibility index (Phi) is 5.52. The van der Waals surface area contributed by atoms with Gasteiger partial charge in [0.1, 0.15) is 17.8 Å². The maximum absolute atomic E-state index is 14.4. The molecular weight excluding hydrogens is 463 g/mol. The van der Waals surface area contributed by atoms with E-state index in [1.165, 1.54) is 6.92 Å². The molecule has 0 radical (unpaired) electrons. The van der Waals surface area contributed by atoms with Crippen LogP contribution in [0.25, 0.3) is 10.9 Å². The normalized spacial score (nSPS) is 26.1. The Morgan fingerprint density at radius 1 is 1.25 bits per heavy atom. The standard InChI is InChI=1S/C25H33FN8O2/c1-4-16(2)34-18-9-21(28-10-17(18)22(31-34)33-12-25(13-33)14-36-15-25)29-20-5-7-27-23(30-20)32-8-6-24(3,35)19(26)11-32/h5,7,9-10,16,19,35H,4,6,8,11-15H2,1-3H3,(H,27,28,29,30)/t16-,19-,24+/m1/s1. The molecule has 10 nitrogen and oxygen atoms in total. The minimum Gasteiger partial charge on any atom is -0.387 e. The SMILES string of the molecule is CC[C@@H](C)n1nc(N2CC3(COC3)C2)c2cnc(Nc3ccnc(N4CC[C@](C)(O)[C@H](F)C4)n3)cc21. The molecular formula is C25H33FN8O2. The van der Waals surface area contributed by atoms with Crippen LogP contribution in [0.15, 0.2) is 24.5 Å². The zero-order chi connectivity index (χ0) is 25.1. The maximum atomic E-state index is 14.4. The quantitative estimate of drug-likeness (QED) is 0.533. The third-order valence-electron chi connectivity index (χ3n) is 7.87. The number of nitrogens with zero attached hydrogens (tertiary/aromatic N) is 7. The summed E-state index contributed by atoms with van der Waals surface area (Å²) in [6.07, 6.45) is 3.45. The van der Waals surface area contributed by atoms with E-state index in [2.05, 4.69) is 43.7 Å². The Balaban J connectivity index is 1.25. The highest BCUT2D eigenvalue weighted by molar-refractivity contribution is 5.92. The Bertz CT molecular complexity index is 1270. The van der Waals surface area contributed by atoms with Crippen molar-refractivity contribution in [1.82, 2.24) is 24.7 Å². The third kappa shape index (κ3) is 3.94. The molecule has 0 aromatic carbocycles. The van der Waals surface area contributed by atoms with Gasteiger partial charge in [-0.3, -0.25) is 4.68 Å². The van der Waals surface area contributed by atoms with E-state index in [0.29, 0.717) is 36.0 Å². The van der Waals surface area contributed by atoms with E-state index in [-0.39, 0.29) is 12.6 Å². The highest BCUT2D eigenvalue weighted by Gasteiger charge is 2.50. The van der Waals surface area contributed by atoms with E-state index >= 15 is 0 Å². The Labute approximate surface area is 209 Å². The molecule has 11 heteroatoms. The predicted octanol–water partition coefficient (Wildman–Crippen LogP) is 3.07. The zero-order valence-corrected chi connectivity index (χ0v) is 21.0. The van der Waals surface area contributed by atoms with E-state index in [1.54, 1.807) is 17.2 Å². The van der Waals surface area contributed by atoms with Crippen LogP contribution in [0.2, 0.25) is 0 Å². The van der Waals surface area contributed by atoms with Crippen molar-refractivity contribution in [1.29, 1.82) is 0 Å². The summed E-state index contributed by atoms with van der Waals surface area (Å²) >= 11 is 0. The van der Waals surface area contributed by atoms with Gasteiger partial charge in [-0.15, -0.1) is 0 Å². The number of aliphatic hydroxyl groups is 1. The van der Waals surface area contributed by atoms with Gasteiger partial charge < -0.3 is 25.0 Å². The first-order valence-electron chi connectivity index (χ1n) is 12.7. The first kappa shape index (κ1) is 23.4. The van der Waals surface area contributed by atoms with Gasteiger partial charge in [-0.1, -0.05) is 6.92 Å². The predicted molar refractivity (Wildman–Crippen MR) is 136 cm³/mol. The zero-order valence-electron chi connectivity index (χ0n) is 21.0. The average Bonchev–Trinajstić information content (AvgIpc) is 3.17. The van der Waals surface area contributed by atoms with Crippen LogP contribution in [-0.2, 0) is 4.74 Å². The highest BCUT2D eigenvalue weighted by atomic mass is 19.1. The van der Waals surface area contributed by atoms with Gasteiger partial charge in [-0.25, -0.2) is 14.4 Å². The molecule has 36 heavy (non-hydrogen) atoms. The van der Waals surface area contributed by atoms with Gasteiger partial charge in [0, 0.05) is 44.1 Å². The number of hydrogen-bond acceptors (Lipinski definition) is 9. The molecule has 3 saturated heterocycles. The molecule has 0 saturated carbocycles. The summed E-state index contributed by atoms with van der Waals surface area (Å²) in [5.41, 5.74) is 0.0135. The number of anilines is 4. The molecule has 2 N–H and O–H groups in total. The molecule has 6 heterocycles. The first-order chi connectivity index (χ1) is 17.3. The number of nitrogens with one attached hydrogen (secondary N) is 1. The van der Waals surface area contributed by atoms with E-state index in [4.69, 9.17) is 9.84 Å². The fourth-order valence-corrected chi connectivity index (χ4v) is 5.20. The van der Waals surface area contributed by atoms with Crippen LogP contribution in [0.1, 0.15) is 39.7 Å². The number of ether oxygens (including phenoxy) is 1. The second-order valence-electron chi connectivity index (χ2n) is 10.8. The monoisotopic (exact) mass is 496 g/mol. The lowest BCUT2D eigenvalue weighted by molar-refractivity contribution is -0.127. The average molecular weight is 497 g/mol. The van der Waals surface area contributed by atoms with Crippen LogP contribution in [-0.4, -0.2) is 81.0 Å². The number of hydrogen-bond donors (Lipinski definition) is 2. The van der Waals surface area contributed by atoms with E-state index in [9.17, 15) is 9.50 Å². The van der Waals surface area contributed by atoms with Crippen LogP contribution >= 0.6 is 0 Å². The smallest absolute Gasteiger partial charge is 0.227 e.